The minimum atomic E-state index is -3.64. The van der Waals surface area contributed by atoms with Crippen molar-refractivity contribution in [2.75, 3.05) is 30.3 Å². The Bertz CT molecular complexity index is 761. The lowest BCUT2D eigenvalue weighted by Crippen LogP contribution is -2.19. The average Bonchev–Trinajstić information content (AvgIpc) is 2.35. The van der Waals surface area contributed by atoms with Crippen molar-refractivity contribution in [2.45, 2.75) is 18.2 Å². The van der Waals surface area contributed by atoms with E-state index in [1.807, 2.05) is 0 Å². The number of hydrogen-bond acceptors (Lipinski definition) is 6. The van der Waals surface area contributed by atoms with Crippen molar-refractivity contribution in [2.24, 2.45) is 0 Å². The second kappa shape index (κ2) is 7.33. The predicted molar refractivity (Wildman–Crippen MR) is 93.4 cm³/mol. The molecule has 9 heteroatoms. The van der Waals surface area contributed by atoms with Crippen LogP contribution in [0.1, 0.15) is 23.7 Å². The third-order valence-corrected chi connectivity index (χ3v) is 8.12. The molecule has 1 aromatic rings. The first-order valence-electron chi connectivity index (χ1n) is 6.84. The first kappa shape index (κ1) is 20.1. The molecule has 1 rings (SSSR count). The first-order chi connectivity index (χ1) is 10.4. The fraction of sp³-hybridized carbons (Fsp3) is 0.500. The summed E-state index contributed by atoms with van der Waals surface area (Å²) in [6.45, 7) is 1.73. The average molecular weight is 383 g/mol. The maximum Gasteiger partial charge on any atom is 0.276 e. The topological polar surface area (TPSA) is 94.6 Å². The highest BCUT2D eigenvalue weighted by atomic mass is 32.3. The van der Waals surface area contributed by atoms with Crippen LogP contribution < -0.4 is 0 Å². The number of hydrogen-bond donors (Lipinski definition) is 0. The molecular formula is C14H22O6S3. The van der Waals surface area contributed by atoms with Gasteiger partial charge in [0.05, 0.1) is 16.4 Å². The molecule has 0 radical (unpaired) electrons. The van der Waals surface area contributed by atoms with E-state index in [1.165, 1.54) is 24.3 Å². The van der Waals surface area contributed by atoms with Crippen LogP contribution >= 0.6 is 10.3 Å². The van der Waals surface area contributed by atoms with Crippen molar-refractivity contribution in [3.63, 3.8) is 0 Å². The summed E-state index contributed by atoms with van der Waals surface area (Å²) < 4.78 is 51.4. The van der Waals surface area contributed by atoms with Gasteiger partial charge in [-0.1, -0.05) is 19.1 Å². The van der Waals surface area contributed by atoms with Crippen LogP contribution in [0.4, 0.5) is 0 Å². The quantitative estimate of drug-likeness (QED) is 0.638. The summed E-state index contributed by atoms with van der Waals surface area (Å²) in [5, 5.41) is 0. The third-order valence-electron chi connectivity index (χ3n) is 2.83. The lowest BCUT2D eigenvalue weighted by molar-refractivity contribution is 0.102. The molecule has 23 heavy (non-hydrogen) atoms. The van der Waals surface area contributed by atoms with E-state index in [0.717, 1.165) is 6.26 Å². The van der Waals surface area contributed by atoms with Crippen LogP contribution in [0, 0.1) is 0 Å². The van der Waals surface area contributed by atoms with Gasteiger partial charge in [-0.25, -0.2) is 12.0 Å². The van der Waals surface area contributed by atoms with Gasteiger partial charge in [0.25, 0.3) is 10.1 Å². The van der Waals surface area contributed by atoms with Gasteiger partial charge in [-0.15, -0.1) is 10.3 Å². The molecule has 0 bridgehead atoms. The van der Waals surface area contributed by atoms with Gasteiger partial charge in [-0.05, 0) is 31.1 Å². The van der Waals surface area contributed by atoms with Gasteiger partial charge in [-0.3, -0.25) is 4.79 Å². The normalized spacial score (nSPS) is 13.7. The standard InChI is InChI=1S/C14H22O6S3/c1-5-10-23(18,19)20-21(2,3)11-14(15)12-6-8-13(9-7-12)22(4,16)17/h6-9H,5,10-11H2,1-4H3. The Morgan fingerprint density at radius 1 is 1.00 bits per heavy atom. The van der Waals surface area contributed by atoms with Crippen molar-refractivity contribution in [1.82, 2.24) is 0 Å². The highest BCUT2D eigenvalue weighted by Gasteiger charge is 2.25. The minimum Gasteiger partial charge on any atom is -0.293 e. The van der Waals surface area contributed by atoms with E-state index in [0.29, 0.717) is 12.0 Å². The van der Waals surface area contributed by atoms with Gasteiger partial charge in [0.1, 0.15) is 0 Å². The largest absolute Gasteiger partial charge is 0.293 e. The van der Waals surface area contributed by atoms with Crippen molar-refractivity contribution >= 4 is 36.0 Å². The van der Waals surface area contributed by atoms with E-state index in [9.17, 15) is 21.6 Å². The molecular weight excluding hydrogens is 360 g/mol. The summed E-state index contributed by atoms with van der Waals surface area (Å²) in [7, 11) is -9.06. The molecule has 0 atom stereocenters. The molecule has 0 aromatic heterocycles. The van der Waals surface area contributed by atoms with Gasteiger partial charge in [0.2, 0.25) is 0 Å². The number of ketones is 1. The van der Waals surface area contributed by atoms with Gasteiger partial charge >= 0.3 is 0 Å². The highest BCUT2D eigenvalue weighted by Crippen LogP contribution is 2.43. The highest BCUT2D eigenvalue weighted by molar-refractivity contribution is 8.32. The molecule has 0 spiro atoms. The van der Waals surface area contributed by atoms with Crippen molar-refractivity contribution in [1.29, 1.82) is 0 Å². The Labute approximate surface area is 139 Å². The van der Waals surface area contributed by atoms with Crippen LogP contribution in [0.3, 0.4) is 0 Å². The molecule has 0 N–H and O–H groups in total. The Morgan fingerprint density at radius 3 is 1.96 bits per heavy atom. The van der Waals surface area contributed by atoms with E-state index < -0.39 is 30.3 Å². The van der Waals surface area contributed by atoms with Crippen molar-refractivity contribution in [3.05, 3.63) is 29.8 Å². The number of sulfone groups is 1. The van der Waals surface area contributed by atoms with Gasteiger partial charge in [0, 0.05) is 11.8 Å². The SMILES string of the molecule is CCCS(=O)(=O)OS(C)(C)CC(=O)c1ccc(S(C)(=O)=O)cc1. The van der Waals surface area contributed by atoms with E-state index in [1.54, 1.807) is 19.4 Å². The molecule has 0 aliphatic heterocycles. The summed E-state index contributed by atoms with van der Waals surface area (Å²) in [6, 6.07) is 5.57. The Balaban J connectivity index is 2.86. The maximum absolute atomic E-state index is 12.3. The van der Waals surface area contributed by atoms with E-state index in [2.05, 4.69) is 0 Å². The van der Waals surface area contributed by atoms with E-state index in [-0.39, 0.29) is 22.2 Å². The molecule has 0 saturated carbocycles. The molecule has 0 amide bonds. The van der Waals surface area contributed by atoms with Crippen LogP contribution in [0.5, 0.6) is 0 Å². The summed E-state index contributed by atoms with van der Waals surface area (Å²) in [6.07, 6.45) is 4.76. The van der Waals surface area contributed by atoms with Crippen LogP contribution in [-0.2, 0) is 23.6 Å². The number of carbonyl (C=O) groups is 1. The molecule has 0 aliphatic rings. The Kier molecular flexibility index (Phi) is 6.42. The molecule has 0 unspecified atom stereocenters. The summed E-state index contributed by atoms with van der Waals surface area (Å²) in [5.41, 5.74) is 0.328. The fourth-order valence-corrected chi connectivity index (χ4v) is 6.51. The zero-order valence-corrected chi connectivity index (χ0v) is 16.1. The Hall–Kier alpha value is -0.900. The third kappa shape index (κ3) is 6.62. The molecule has 6 nitrogen and oxygen atoms in total. The van der Waals surface area contributed by atoms with Crippen molar-refractivity contribution in [3.8, 4) is 0 Å². The monoisotopic (exact) mass is 382 g/mol. The second-order valence-electron chi connectivity index (χ2n) is 5.63. The molecule has 1 aromatic carbocycles. The number of Topliss-reactive ketones (excluding diaryl/α,β-unsaturated/α-hetero) is 1. The smallest absolute Gasteiger partial charge is 0.276 e. The fourth-order valence-electron chi connectivity index (χ4n) is 1.88. The van der Waals surface area contributed by atoms with Gasteiger partial charge in [0.15, 0.2) is 15.6 Å². The zero-order chi connectivity index (χ0) is 17.9. The minimum absolute atomic E-state index is 0.0475. The summed E-state index contributed by atoms with van der Waals surface area (Å²) in [5.74, 6) is -0.411. The molecule has 0 saturated heterocycles. The van der Waals surface area contributed by atoms with Crippen LogP contribution in [0.15, 0.2) is 29.2 Å². The van der Waals surface area contributed by atoms with Crippen LogP contribution in [0.2, 0.25) is 0 Å². The molecule has 0 aliphatic carbocycles. The number of rotatable bonds is 8. The lowest BCUT2D eigenvalue weighted by Gasteiger charge is -2.28. The second-order valence-corrected chi connectivity index (χ2v) is 12.9. The maximum atomic E-state index is 12.3. The van der Waals surface area contributed by atoms with Crippen molar-refractivity contribution < 1.29 is 25.3 Å². The van der Waals surface area contributed by atoms with E-state index in [4.69, 9.17) is 3.63 Å². The van der Waals surface area contributed by atoms with Gasteiger partial charge in [-0.2, -0.15) is 8.42 Å². The van der Waals surface area contributed by atoms with Crippen LogP contribution in [-0.4, -0.2) is 52.9 Å². The molecule has 132 valence electrons. The molecule has 0 fully saturated rings. The van der Waals surface area contributed by atoms with E-state index >= 15 is 0 Å². The Morgan fingerprint density at radius 2 is 1.52 bits per heavy atom. The number of benzene rings is 1. The number of carbonyl (C=O) groups excluding carboxylic acids is 1. The lowest BCUT2D eigenvalue weighted by atomic mass is 10.1. The first-order valence-corrected chi connectivity index (χ1v) is 12.9. The van der Waals surface area contributed by atoms with Gasteiger partial charge < -0.3 is 0 Å². The van der Waals surface area contributed by atoms with Crippen LogP contribution in [0.25, 0.3) is 0 Å². The summed E-state index contributed by atoms with van der Waals surface area (Å²) >= 11 is 0. The summed E-state index contributed by atoms with van der Waals surface area (Å²) in [4.78, 5) is 12.4. The zero-order valence-electron chi connectivity index (χ0n) is 13.6. The molecule has 0 heterocycles. The predicted octanol–water partition coefficient (Wildman–Crippen LogP) is 2.01.